The van der Waals surface area contributed by atoms with Gasteiger partial charge in [0, 0.05) is 11.1 Å². The van der Waals surface area contributed by atoms with Gasteiger partial charge >= 0.3 is 0 Å². The maximum atomic E-state index is 13.4. The molecule has 0 aliphatic carbocycles. The fraction of sp³-hybridized carbons (Fsp3) is 0.0870. The van der Waals surface area contributed by atoms with Crippen LogP contribution in [-0.4, -0.2) is 21.4 Å². The summed E-state index contributed by atoms with van der Waals surface area (Å²) < 4.78 is 32.6. The molecule has 0 unspecified atom stereocenters. The molecule has 31 heavy (non-hydrogen) atoms. The highest BCUT2D eigenvalue weighted by molar-refractivity contribution is 7.93. The van der Waals surface area contributed by atoms with Crippen LogP contribution in [0.5, 0.6) is 5.75 Å². The fourth-order valence-electron chi connectivity index (χ4n) is 2.83. The van der Waals surface area contributed by atoms with Crippen molar-refractivity contribution in [2.24, 2.45) is 0 Å². The summed E-state index contributed by atoms with van der Waals surface area (Å²) in [4.78, 5) is 13.1. The summed E-state index contributed by atoms with van der Waals surface area (Å²) in [6.07, 6.45) is 2.67. The van der Waals surface area contributed by atoms with Crippen LogP contribution in [0, 0.1) is 6.92 Å². The van der Waals surface area contributed by atoms with Crippen LogP contribution in [0.25, 0.3) is 6.08 Å². The minimum atomic E-state index is -4.21. The highest BCUT2D eigenvalue weighted by atomic mass is 35.5. The number of carbonyl (C=O) groups is 1. The van der Waals surface area contributed by atoms with Crippen molar-refractivity contribution in [1.29, 1.82) is 0 Å². The number of anilines is 1. The first-order valence-electron chi connectivity index (χ1n) is 9.15. The van der Waals surface area contributed by atoms with Gasteiger partial charge in [0.25, 0.3) is 15.9 Å². The number of amides is 1. The summed E-state index contributed by atoms with van der Waals surface area (Å²) in [7, 11) is -2.77. The molecule has 0 radical (unpaired) electrons. The van der Waals surface area contributed by atoms with Crippen molar-refractivity contribution in [3.05, 3.63) is 94.0 Å². The second-order valence-corrected chi connectivity index (χ2v) is 9.26. The molecule has 0 aliphatic rings. The Morgan fingerprint density at radius 1 is 1.00 bits per heavy atom. The Morgan fingerprint density at radius 3 is 2.32 bits per heavy atom. The summed E-state index contributed by atoms with van der Waals surface area (Å²) in [5.74, 6) is -0.401. The summed E-state index contributed by atoms with van der Waals surface area (Å²) in [6, 6.07) is 17.4. The number of nitrogens with zero attached hydrogens (tertiary/aromatic N) is 1. The molecule has 160 valence electrons. The standard InChI is InChI=1S/C23H19Cl2NO4S/c1-16-6-10-20(11-7-16)31(28,29)26(19-9-12-22(30-2)21(25)15-19)23(27)13-8-17-4-3-5-18(24)14-17/h3-15H,1-2H3/b13-8+. The van der Waals surface area contributed by atoms with Crippen molar-refractivity contribution in [3.63, 3.8) is 0 Å². The van der Waals surface area contributed by atoms with Gasteiger partial charge in [0.2, 0.25) is 0 Å². The Morgan fingerprint density at radius 2 is 1.71 bits per heavy atom. The van der Waals surface area contributed by atoms with Crippen LogP contribution in [0.1, 0.15) is 11.1 Å². The van der Waals surface area contributed by atoms with Crippen LogP contribution < -0.4 is 9.04 Å². The second kappa shape index (κ2) is 9.56. The van der Waals surface area contributed by atoms with Crippen molar-refractivity contribution in [1.82, 2.24) is 0 Å². The maximum absolute atomic E-state index is 13.4. The number of sulfonamides is 1. The van der Waals surface area contributed by atoms with Gasteiger partial charge in [-0.05, 0) is 61.0 Å². The number of rotatable bonds is 6. The highest BCUT2D eigenvalue weighted by Crippen LogP contribution is 2.32. The molecule has 0 aliphatic heterocycles. The number of halogens is 2. The van der Waals surface area contributed by atoms with Crippen molar-refractivity contribution in [2.75, 3.05) is 11.4 Å². The lowest BCUT2D eigenvalue weighted by Gasteiger charge is -2.22. The van der Waals surface area contributed by atoms with E-state index in [1.165, 1.54) is 49.6 Å². The van der Waals surface area contributed by atoms with Gasteiger partial charge in [-0.3, -0.25) is 4.79 Å². The summed E-state index contributed by atoms with van der Waals surface area (Å²) >= 11 is 12.2. The Bertz CT molecular complexity index is 1240. The molecule has 0 spiro atoms. The zero-order chi connectivity index (χ0) is 22.6. The van der Waals surface area contributed by atoms with E-state index in [0.717, 1.165) is 5.56 Å². The molecule has 0 atom stereocenters. The smallest absolute Gasteiger partial charge is 0.271 e. The normalized spacial score (nSPS) is 11.5. The molecule has 0 N–H and O–H groups in total. The van der Waals surface area contributed by atoms with Crippen LogP contribution in [0.15, 0.2) is 77.7 Å². The van der Waals surface area contributed by atoms with E-state index in [0.29, 0.717) is 20.6 Å². The van der Waals surface area contributed by atoms with Crippen LogP contribution in [-0.2, 0) is 14.8 Å². The highest BCUT2D eigenvalue weighted by Gasteiger charge is 2.30. The maximum Gasteiger partial charge on any atom is 0.271 e. The first-order chi connectivity index (χ1) is 14.7. The summed E-state index contributed by atoms with van der Waals surface area (Å²) in [5.41, 5.74) is 1.64. The van der Waals surface area contributed by atoms with Gasteiger partial charge in [-0.1, -0.05) is 53.0 Å². The lowest BCUT2D eigenvalue weighted by atomic mass is 10.2. The molecule has 0 bridgehead atoms. The number of methoxy groups -OCH3 is 1. The van der Waals surface area contributed by atoms with Gasteiger partial charge in [0.05, 0.1) is 22.7 Å². The Balaban J connectivity index is 2.08. The van der Waals surface area contributed by atoms with Crippen molar-refractivity contribution in [2.45, 2.75) is 11.8 Å². The Kier molecular flexibility index (Phi) is 7.05. The molecule has 8 heteroatoms. The van der Waals surface area contributed by atoms with E-state index in [1.54, 1.807) is 36.4 Å². The molecule has 0 fully saturated rings. The zero-order valence-corrected chi connectivity index (χ0v) is 19.1. The van der Waals surface area contributed by atoms with E-state index in [2.05, 4.69) is 0 Å². The largest absolute Gasteiger partial charge is 0.495 e. The van der Waals surface area contributed by atoms with Gasteiger partial charge in [-0.15, -0.1) is 0 Å². The summed E-state index contributed by atoms with van der Waals surface area (Å²) in [5, 5.41) is 0.677. The molecular formula is C23H19Cl2NO4S. The van der Waals surface area contributed by atoms with Crippen LogP contribution in [0.3, 0.4) is 0 Å². The van der Waals surface area contributed by atoms with Gasteiger partial charge in [0.1, 0.15) is 5.75 Å². The third kappa shape index (κ3) is 5.28. The second-order valence-electron chi connectivity index (χ2n) is 6.63. The van der Waals surface area contributed by atoms with E-state index in [9.17, 15) is 13.2 Å². The van der Waals surface area contributed by atoms with Crippen LogP contribution in [0.4, 0.5) is 5.69 Å². The Labute approximate surface area is 191 Å². The average Bonchev–Trinajstić information content (AvgIpc) is 2.73. The molecule has 0 aromatic heterocycles. The molecule has 0 saturated carbocycles. The van der Waals surface area contributed by atoms with Gasteiger partial charge in [-0.25, -0.2) is 8.42 Å². The lowest BCUT2D eigenvalue weighted by Crippen LogP contribution is -2.35. The third-order valence-electron chi connectivity index (χ3n) is 4.40. The Hall–Kier alpha value is -2.80. The van der Waals surface area contributed by atoms with Crippen molar-refractivity contribution >= 4 is 50.9 Å². The van der Waals surface area contributed by atoms with Gasteiger partial charge in [-0.2, -0.15) is 4.31 Å². The predicted octanol–water partition coefficient (Wildman–Crippen LogP) is 5.75. The molecule has 3 aromatic rings. The third-order valence-corrected chi connectivity index (χ3v) is 6.67. The van der Waals surface area contributed by atoms with E-state index < -0.39 is 15.9 Å². The van der Waals surface area contributed by atoms with E-state index in [1.807, 2.05) is 6.92 Å². The first kappa shape index (κ1) is 22.9. The van der Waals surface area contributed by atoms with Crippen LogP contribution in [0.2, 0.25) is 10.0 Å². The first-order valence-corrected chi connectivity index (χ1v) is 11.3. The number of hydrogen-bond acceptors (Lipinski definition) is 4. The van der Waals surface area contributed by atoms with Gasteiger partial charge in [0.15, 0.2) is 0 Å². The molecular weight excluding hydrogens is 457 g/mol. The van der Waals surface area contributed by atoms with Gasteiger partial charge < -0.3 is 4.74 Å². The number of ether oxygens (including phenoxy) is 1. The zero-order valence-electron chi connectivity index (χ0n) is 16.7. The molecule has 0 saturated heterocycles. The SMILES string of the molecule is COc1ccc(N(C(=O)/C=C/c2cccc(Cl)c2)S(=O)(=O)c2ccc(C)cc2)cc1Cl. The average molecular weight is 476 g/mol. The number of aryl methyl sites for hydroxylation is 1. The quantitative estimate of drug-likeness (QED) is 0.426. The topological polar surface area (TPSA) is 63.7 Å². The predicted molar refractivity (Wildman–Crippen MR) is 124 cm³/mol. The molecule has 1 amide bonds. The summed E-state index contributed by atoms with van der Waals surface area (Å²) in [6.45, 7) is 1.84. The number of benzene rings is 3. The molecule has 3 aromatic carbocycles. The fourth-order valence-corrected chi connectivity index (χ4v) is 4.66. The number of carbonyl (C=O) groups excluding carboxylic acids is 1. The number of hydrogen-bond donors (Lipinski definition) is 0. The molecule has 0 heterocycles. The van der Waals surface area contributed by atoms with Crippen LogP contribution >= 0.6 is 23.2 Å². The minimum Gasteiger partial charge on any atom is -0.495 e. The van der Waals surface area contributed by atoms with E-state index >= 15 is 0 Å². The van der Waals surface area contributed by atoms with E-state index in [-0.39, 0.29) is 15.6 Å². The van der Waals surface area contributed by atoms with Crippen molar-refractivity contribution in [3.8, 4) is 5.75 Å². The minimum absolute atomic E-state index is 0.0189. The monoisotopic (exact) mass is 475 g/mol. The molecule has 5 nitrogen and oxygen atoms in total. The van der Waals surface area contributed by atoms with Crippen molar-refractivity contribution < 1.29 is 17.9 Å². The van der Waals surface area contributed by atoms with E-state index in [4.69, 9.17) is 27.9 Å². The lowest BCUT2D eigenvalue weighted by molar-refractivity contribution is -0.113. The molecule has 3 rings (SSSR count).